The van der Waals surface area contributed by atoms with Gasteiger partial charge in [0, 0.05) is 6.54 Å². The first-order valence-corrected chi connectivity index (χ1v) is 9.02. The van der Waals surface area contributed by atoms with E-state index >= 15 is 0 Å². The zero-order chi connectivity index (χ0) is 16.9. The van der Waals surface area contributed by atoms with E-state index in [9.17, 15) is 13.6 Å². The molecule has 1 aromatic heterocycles. The average Bonchev–Trinajstić information content (AvgIpc) is 2.85. The molecular weight excluding hydrogens is 312 g/mol. The van der Waals surface area contributed by atoms with Crippen LogP contribution >= 0.6 is 0 Å². The van der Waals surface area contributed by atoms with E-state index < -0.39 is 6.43 Å². The third-order valence-corrected chi connectivity index (χ3v) is 6.28. The Morgan fingerprint density at radius 3 is 2.42 bits per heavy atom. The lowest BCUT2D eigenvalue weighted by Gasteiger charge is -2.56. The topological polar surface area (TPSA) is 46.9 Å². The second kappa shape index (κ2) is 5.81. The fraction of sp³-hybridized carbons (Fsp3) is 0.778. The number of halogens is 2. The molecule has 0 spiro atoms. The molecule has 4 bridgehead atoms. The normalized spacial score (nSPS) is 34.1. The molecule has 0 radical (unpaired) electrons. The maximum atomic E-state index is 13.0. The molecule has 0 saturated heterocycles. The van der Waals surface area contributed by atoms with E-state index in [1.54, 1.807) is 6.92 Å². The third kappa shape index (κ3) is 2.95. The summed E-state index contributed by atoms with van der Waals surface area (Å²) in [6.07, 6.45) is 5.18. The zero-order valence-corrected chi connectivity index (χ0v) is 14.1. The van der Waals surface area contributed by atoms with Crippen LogP contribution in [0.2, 0.25) is 0 Å². The van der Waals surface area contributed by atoms with Crippen molar-refractivity contribution in [3.8, 4) is 0 Å². The summed E-state index contributed by atoms with van der Waals surface area (Å²) in [6.45, 7) is 2.23. The van der Waals surface area contributed by atoms with Gasteiger partial charge in [-0.3, -0.25) is 9.48 Å². The SMILES string of the molecule is Cc1cc(C(F)F)n(CC(=O)NCC23CC4CC(CC(C4)C2)C3)n1. The summed E-state index contributed by atoms with van der Waals surface area (Å²) in [5.74, 6) is 2.31. The number of hydrogen-bond acceptors (Lipinski definition) is 2. The van der Waals surface area contributed by atoms with Crippen LogP contribution in [0.3, 0.4) is 0 Å². The van der Waals surface area contributed by atoms with E-state index in [1.165, 1.54) is 44.6 Å². The van der Waals surface area contributed by atoms with Gasteiger partial charge in [0.15, 0.2) is 0 Å². The molecule has 4 fully saturated rings. The maximum absolute atomic E-state index is 13.0. The average molecular weight is 337 g/mol. The molecule has 5 rings (SSSR count). The summed E-state index contributed by atoms with van der Waals surface area (Å²) in [6, 6.07) is 1.34. The molecule has 0 unspecified atom stereocenters. The molecule has 6 heteroatoms. The molecule has 4 saturated carbocycles. The second-order valence-corrected chi connectivity index (χ2v) is 8.36. The number of alkyl halides is 2. The maximum Gasteiger partial charge on any atom is 0.280 e. The van der Waals surface area contributed by atoms with E-state index in [2.05, 4.69) is 10.4 Å². The Hall–Kier alpha value is -1.46. The molecule has 1 amide bonds. The van der Waals surface area contributed by atoms with Gasteiger partial charge in [-0.05, 0) is 74.7 Å². The van der Waals surface area contributed by atoms with Crippen LogP contribution in [0, 0.1) is 30.1 Å². The summed E-state index contributed by atoms with van der Waals surface area (Å²) in [7, 11) is 0. The van der Waals surface area contributed by atoms with E-state index in [-0.39, 0.29) is 23.6 Å². The lowest BCUT2D eigenvalue weighted by Crippen LogP contribution is -2.51. The van der Waals surface area contributed by atoms with Crippen molar-refractivity contribution in [2.24, 2.45) is 23.2 Å². The summed E-state index contributed by atoms with van der Waals surface area (Å²) in [5.41, 5.74) is 0.590. The third-order valence-electron chi connectivity index (χ3n) is 6.28. The highest BCUT2D eigenvalue weighted by molar-refractivity contribution is 5.75. The molecule has 4 aliphatic rings. The van der Waals surface area contributed by atoms with Crippen molar-refractivity contribution in [1.29, 1.82) is 0 Å². The molecule has 1 aromatic rings. The fourth-order valence-corrected chi connectivity index (χ4v) is 5.85. The largest absolute Gasteiger partial charge is 0.354 e. The van der Waals surface area contributed by atoms with Crippen LogP contribution < -0.4 is 5.32 Å². The molecule has 1 heterocycles. The predicted octanol–water partition coefficient (Wildman–Crippen LogP) is 3.46. The van der Waals surface area contributed by atoms with Gasteiger partial charge in [-0.25, -0.2) is 8.78 Å². The molecule has 4 nitrogen and oxygen atoms in total. The molecule has 4 aliphatic carbocycles. The minimum atomic E-state index is -2.61. The van der Waals surface area contributed by atoms with E-state index in [0.717, 1.165) is 22.4 Å². The number of amides is 1. The Labute approximate surface area is 141 Å². The molecule has 0 atom stereocenters. The van der Waals surface area contributed by atoms with Crippen molar-refractivity contribution in [1.82, 2.24) is 15.1 Å². The first-order valence-electron chi connectivity index (χ1n) is 9.02. The van der Waals surface area contributed by atoms with Crippen molar-refractivity contribution in [2.45, 2.75) is 58.4 Å². The van der Waals surface area contributed by atoms with E-state index in [0.29, 0.717) is 12.2 Å². The van der Waals surface area contributed by atoms with Gasteiger partial charge in [-0.2, -0.15) is 5.10 Å². The van der Waals surface area contributed by atoms with Crippen molar-refractivity contribution in [2.75, 3.05) is 6.54 Å². The minimum absolute atomic E-state index is 0.125. The quantitative estimate of drug-likeness (QED) is 0.894. The number of hydrogen-bond donors (Lipinski definition) is 1. The van der Waals surface area contributed by atoms with Gasteiger partial charge in [0.25, 0.3) is 6.43 Å². The highest BCUT2D eigenvalue weighted by Gasteiger charge is 2.50. The monoisotopic (exact) mass is 337 g/mol. The molecular formula is C18H25F2N3O. The van der Waals surface area contributed by atoms with Gasteiger partial charge in [-0.1, -0.05) is 0 Å². The first kappa shape index (κ1) is 16.0. The molecule has 0 aromatic carbocycles. The number of aromatic nitrogens is 2. The number of nitrogens with one attached hydrogen (secondary N) is 1. The van der Waals surface area contributed by atoms with Crippen molar-refractivity contribution in [3.63, 3.8) is 0 Å². The van der Waals surface area contributed by atoms with E-state index in [1.807, 2.05) is 0 Å². The highest BCUT2D eigenvalue weighted by Crippen LogP contribution is 2.59. The molecule has 24 heavy (non-hydrogen) atoms. The lowest BCUT2D eigenvalue weighted by molar-refractivity contribution is -0.124. The van der Waals surface area contributed by atoms with Crippen LogP contribution in [-0.4, -0.2) is 22.2 Å². The summed E-state index contributed by atoms with van der Waals surface area (Å²) >= 11 is 0. The van der Waals surface area contributed by atoms with Gasteiger partial charge in [-0.15, -0.1) is 0 Å². The number of aryl methyl sites for hydroxylation is 1. The van der Waals surface area contributed by atoms with Crippen molar-refractivity contribution < 1.29 is 13.6 Å². The minimum Gasteiger partial charge on any atom is -0.354 e. The zero-order valence-electron chi connectivity index (χ0n) is 14.1. The second-order valence-electron chi connectivity index (χ2n) is 8.36. The predicted molar refractivity (Wildman–Crippen MR) is 85.5 cm³/mol. The van der Waals surface area contributed by atoms with Gasteiger partial charge < -0.3 is 5.32 Å². The summed E-state index contributed by atoms with van der Waals surface area (Å²) in [4.78, 5) is 12.3. The molecule has 0 aliphatic heterocycles. The molecule has 132 valence electrons. The Balaban J connectivity index is 1.37. The smallest absolute Gasteiger partial charge is 0.280 e. The van der Waals surface area contributed by atoms with E-state index in [4.69, 9.17) is 0 Å². The van der Waals surface area contributed by atoms with Crippen LogP contribution in [-0.2, 0) is 11.3 Å². The van der Waals surface area contributed by atoms with Crippen molar-refractivity contribution >= 4 is 5.91 Å². The summed E-state index contributed by atoms with van der Waals surface area (Å²) in [5, 5.41) is 7.04. The fourth-order valence-electron chi connectivity index (χ4n) is 5.85. The van der Waals surface area contributed by atoms with Crippen LogP contribution in [0.15, 0.2) is 6.07 Å². The number of carbonyl (C=O) groups excluding carboxylic acids is 1. The highest BCUT2D eigenvalue weighted by atomic mass is 19.3. The van der Waals surface area contributed by atoms with Gasteiger partial charge in [0.1, 0.15) is 12.2 Å². The molecule has 1 N–H and O–H groups in total. The standard InChI is InChI=1S/C18H25F2N3O/c1-11-2-15(17(19)20)23(22-11)9-16(24)21-10-18-6-12-3-13(7-18)5-14(4-12)8-18/h2,12-14,17H,3-10H2,1H3,(H,21,24). The summed E-state index contributed by atoms with van der Waals surface area (Å²) < 4.78 is 27.1. The number of nitrogens with zero attached hydrogens (tertiary/aromatic N) is 2. The first-order chi connectivity index (χ1) is 11.4. The van der Waals surface area contributed by atoms with Crippen LogP contribution in [0.5, 0.6) is 0 Å². The van der Waals surface area contributed by atoms with Gasteiger partial charge >= 0.3 is 0 Å². The van der Waals surface area contributed by atoms with Crippen LogP contribution in [0.1, 0.15) is 56.3 Å². The van der Waals surface area contributed by atoms with Crippen molar-refractivity contribution in [3.05, 3.63) is 17.5 Å². The Kier molecular flexibility index (Phi) is 3.88. The lowest BCUT2D eigenvalue weighted by atomic mass is 9.49. The number of carbonyl (C=O) groups is 1. The van der Waals surface area contributed by atoms with Gasteiger partial charge in [0.2, 0.25) is 5.91 Å². The Morgan fingerprint density at radius 1 is 1.29 bits per heavy atom. The van der Waals surface area contributed by atoms with Crippen LogP contribution in [0.25, 0.3) is 0 Å². The Morgan fingerprint density at radius 2 is 1.88 bits per heavy atom. The number of rotatable bonds is 5. The van der Waals surface area contributed by atoms with Crippen LogP contribution in [0.4, 0.5) is 8.78 Å². The Bertz CT molecular complexity index is 605. The van der Waals surface area contributed by atoms with Gasteiger partial charge in [0.05, 0.1) is 5.69 Å².